The van der Waals surface area contributed by atoms with Crippen molar-refractivity contribution in [3.05, 3.63) is 258 Å². The summed E-state index contributed by atoms with van der Waals surface area (Å²) >= 11 is 0. The number of para-hydroxylation sites is 4. The van der Waals surface area contributed by atoms with Gasteiger partial charge in [0.15, 0.2) is 0 Å². The fourth-order valence-electron chi connectivity index (χ4n) is 21.5. The van der Waals surface area contributed by atoms with Crippen LogP contribution in [0.4, 0.5) is 0 Å². The molecule has 11 aromatic rings. The molecular weight excluding hydrogens is 1430 g/mol. The quantitative estimate of drug-likeness (QED) is 0.116. The zero-order valence-electron chi connectivity index (χ0n) is 83.6. The van der Waals surface area contributed by atoms with Gasteiger partial charge in [-0.05, 0) is 229 Å². The van der Waals surface area contributed by atoms with Gasteiger partial charge < -0.3 is 0 Å². The molecule has 0 bridgehead atoms. The Hall–Kier alpha value is -8.62. The highest BCUT2D eigenvalue weighted by molar-refractivity contribution is 5.78. The molecule has 8 heteroatoms. The molecular formula is C110H152N8+4. The minimum atomic E-state index is -2.19. The predicted molar refractivity (Wildman–Crippen MR) is 500 cm³/mol. The van der Waals surface area contributed by atoms with Gasteiger partial charge in [0.05, 0.1) is 85.3 Å². The summed E-state index contributed by atoms with van der Waals surface area (Å²) in [5, 5.41) is 0. The summed E-state index contributed by atoms with van der Waals surface area (Å²) in [4.78, 5) is 0. The summed E-state index contributed by atoms with van der Waals surface area (Å²) < 4.78 is 45.2. The van der Waals surface area contributed by atoms with E-state index < -0.39 is 6.85 Å². The van der Waals surface area contributed by atoms with Gasteiger partial charge in [-0.3, -0.25) is 0 Å². The van der Waals surface area contributed by atoms with Crippen molar-refractivity contribution in [3.8, 4) is 56.1 Å². The van der Waals surface area contributed by atoms with Crippen LogP contribution in [0, 0.1) is 55.3 Å². The molecule has 0 atom stereocenters. The van der Waals surface area contributed by atoms with Gasteiger partial charge in [0, 0.05) is 76.3 Å². The highest BCUT2D eigenvalue weighted by Gasteiger charge is 2.61. The minimum absolute atomic E-state index is 0.00578. The van der Waals surface area contributed by atoms with Crippen molar-refractivity contribution in [2.24, 2.45) is 0 Å². The molecule has 0 aliphatic carbocycles. The molecule has 0 fully saturated rings. The van der Waals surface area contributed by atoms with E-state index in [1.165, 1.54) is 140 Å². The second-order valence-electron chi connectivity index (χ2n) is 42.3. The second-order valence-corrected chi connectivity index (χ2v) is 42.3. The van der Waals surface area contributed by atoms with Crippen molar-refractivity contribution in [2.45, 2.75) is 368 Å². The van der Waals surface area contributed by atoms with E-state index in [-0.39, 0.29) is 49.4 Å². The monoisotopic (exact) mass is 1590 g/mol. The summed E-state index contributed by atoms with van der Waals surface area (Å²) in [5.74, 6) is 1.79. The lowest BCUT2D eigenvalue weighted by atomic mass is 9.59. The van der Waals surface area contributed by atoms with Crippen molar-refractivity contribution in [1.82, 2.24) is 18.7 Å². The number of fused-ring (bicyclic) bond motifs is 12. The van der Waals surface area contributed by atoms with E-state index >= 15 is 0 Å². The van der Waals surface area contributed by atoms with Gasteiger partial charge in [-0.2, -0.15) is 0 Å². The average Bonchev–Trinajstić information content (AvgIpc) is 1.50. The Kier molecular flexibility index (Phi) is 22.0. The van der Waals surface area contributed by atoms with E-state index in [9.17, 15) is 0 Å². The van der Waals surface area contributed by atoms with Crippen LogP contribution in [0.1, 0.15) is 386 Å². The first kappa shape index (κ1) is 84.4. The summed E-state index contributed by atoms with van der Waals surface area (Å²) in [5.41, 5.74) is 38.8. The van der Waals surface area contributed by atoms with Crippen LogP contribution in [0.3, 0.4) is 0 Å². The average molecular weight is 1590 g/mol. The third-order valence-corrected chi connectivity index (χ3v) is 30.5. The van der Waals surface area contributed by atoms with Crippen LogP contribution >= 0.6 is 0 Å². The highest BCUT2D eigenvalue weighted by atomic mass is 15.5. The number of hydrogen-bond acceptors (Lipinski definition) is 0. The molecule has 0 saturated heterocycles. The second kappa shape index (κ2) is 30.8. The molecule has 628 valence electrons. The van der Waals surface area contributed by atoms with Gasteiger partial charge >= 0.3 is 0 Å². The van der Waals surface area contributed by atoms with Crippen molar-refractivity contribution in [3.63, 3.8) is 0 Å². The van der Waals surface area contributed by atoms with Crippen molar-refractivity contribution in [2.75, 3.05) is 0 Å². The molecule has 0 saturated carbocycles. The molecule has 4 aromatic heterocycles. The van der Waals surface area contributed by atoms with E-state index in [1.54, 1.807) is 6.07 Å². The molecule has 4 aliphatic heterocycles. The molecule has 0 amide bonds. The first-order valence-electron chi connectivity index (χ1n) is 46.4. The van der Waals surface area contributed by atoms with Gasteiger partial charge in [0.25, 0.3) is 0 Å². The zero-order chi connectivity index (χ0) is 90.0. The lowest BCUT2D eigenvalue weighted by Crippen LogP contribution is -2.59. The largest absolute Gasteiger partial charge is 0.243 e. The van der Waals surface area contributed by atoms with Crippen molar-refractivity contribution >= 4 is 0 Å². The lowest BCUT2D eigenvalue weighted by Gasteiger charge is -2.43. The maximum atomic E-state index is 8.37. The Morgan fingerprint density at radius 2 is 0.525 bits per heavy atom. The Morgan fingerprint density at radius 3 is 0.822 bits per heavy atom. The zero-order valence-corrected chi connectivity index (χ0v) is 80.6. The van der Waals surface area contributed by atoms with Gasteiger partial charge in [-0.15, -0.1) is 18.7 Å². The molecule has 0 spiro atoms. The van der Waals surface area contributed by atoms with Crippen molar-refractivity contribution < 1.29 is 22.8 Å². The topological polar surface area (TPSA) is 35.2 Å². The molecule has 8 nitrogen and oxygen atoms in total. The number of hydrogen-bond donors (Lipinski definition) is 0. The van der Waals surface area contributed by atoms with E-state index in [2.05, 4.69) is 428 Å². The van der Waals surface area contributed by atoms with Crippen LogP contribution in [0.5, 0.6) is 0 Å². The minimum Gasteiger partial charge on any atom is -0.150 e. The first-order chi connectivity index (χ1) is 55.9. The SMILES string of the molecule is Cc1c(-c2ccccc2)c2[n+](n1C(C)C)-c1c(C(C)C)cccc1C(C)(C)C2(C)C.Cc1cc2[n+](n1C(C)C)-c1c(C(C)C)cccc1C(C)(C)C2(C)C.Cc1cccc(C)c1-c1c(C)n(C(C)C)[n+]2c1C(C)(C)C(C)(C)c1cccc(C(C)C)c1-2.[2H]C([2H])([2H])c1cccc(C)c1-c1c(C)n(C(C)C)[n+]2c1C(C)(C)C(C)(C)c1cccc(C(C)C)c1-2. The number of aromatic nitrogens is 8. The Balaban J connectivity index is 0.000000149. The summed E-state index contributed by atoms with van der Waals surface area (Å²) in [6.07, 6.45) is 0. The van der Waals surface area contributed by atoms with Crippen molar-refractivity contribution in [1.29, 1.82) is 0 Å². The van der Waals surface area contributed by atoms with Crippen LogP contribution in [0.25, 0.3) is 56.1 Å². The first-order valence-corrected chi connectivity index (χ1v) is 44.9. The van der Waals surface area contributed by atoms with Crippen LogP contribution in [0.2, 0.25) is 0 Å². The molecule has 118 heavy (non-hydrogen) atoms. The van der Waals surface area contributed by atoms with Gasteiger partial charge in [-0.1, -0.05) is 269 Å². The number of rotatable bonds is 11. The Morgan fingerprint density at radius 1 is 0.263 bits per heavy atom. The van der Waals surface area contributed by atoms with Crippen LogP contribution in [-0.2, 0) is 43.3 Å². The molecule has 4 aliphatic rings. The number of aryl methyl sites for hydroxylation is 5. The van der Waals surface area contributed by atoms with Gasteiger partial charge in [0.1, 0.15) is 0 Å². The van der Waals surface area contributed by atoms with Crippen LogP contribution in [-0.4, -0.2) is 18.7 Å². The maximum Gasteiger partial charge on any atom is 0.243 e. The van der Waals surface area contributed by atoms with E-state index in [4.69, 9.17) is 4.11 Å². The molecule has 8 heterocycles. The maximum absolute atomic E-state index is 8.37. The highest BCUT2D eigenvalue weighted by Crippen LogP contribution is 2.58. The van der Waals surface area contributed by atoms with E-state index in [0.717, 1.165) is 22.4 Å². The molecule has 15 rings (SSSR count). The van der Waals surface area contributed by atoms with E-state index in [0.29, 0.717) is 47.4 Å². The predicted octanol–water partition coefficient (Wildman–Crippen LogP) is 27.6. The lowest BCUT2D eigenvalue weighted by molar-refractivity contribution is -0.703. The Labute approximate surface area is 719 Å². The van der Waals surface area contributed by atoms with E-state index in [1.807, 2.05) is 19.1 Å². The fourth-order valence-corrected chi connectivity index (χ4v) is 21.5. The fraction of sp³-hybridized carbons (Fsp3) is 0.509. The summed E-state index contributed by atoms with van der Waals surface area (Å²) in [6, 6.07) is 54.7. The molecule has 0 unspecified atom stereocenters. The van der Waals surface area contributed by atoms with Crippen LogP contribution < -0.4 is 18.7 Å². The third kappa shape index (κ3) is 13.2. The number of benzene rings is 7. The molecule has 7 aromatic carbocycles. The van der Waals surface area contributed by atoms with Crippen LogP contribution in [0.15, 0.2) is 146 Å². The molecule has 0 N–H and O–H groups in total. The number of nitrogens with zero attached hydrogens (tertiary/aromatic N) is 8. The summed E-state index contributed by atoms with van der Waals surface area (Å²) in [6.45, 7) is 88.5. The summed E-state index contributed by atoms with van der Waals surface area (Å²) in [7, 11) is 0. The van der Waals surface area contributed by atoms with Gasteiger partial charge in [-0.25, -0.2) is 0 Å². The normalized spacial score (nSPS) is 17.3. The smallest absolute Gasteiger partial charge is 0.150 e. The third-order valence-electron chi connectivity index (χ3n) is 30.5. The standard InChI is InChI=1S/2C30H41N2.C28H37N2.C22H33N2/c2*1-18(2)23-16-13-17-24-27(23)32-28(30(10,11)29(24,8)9)26(22(7)31(32)19(3)4)25-20(5)14-12-15-21(25)6;1-18(2)22-16-13-17-23-25(22)30-26(28(8,9)27(23,6)7)24(20(5)29(30)19(3)4)21-14-11-10-12-15-21;1-14(2)17-11-10-12-18-20(17)24-19(22(8,9)21(18,6)7)13-16(5)23(24)15(3)4/h2*12-19H,1-11H3;10-19H,1-9H3;10-15H,1-9H3/q4*+1/i5D3;;;. The van der Waals surface area contributed by atoms with Gasteiger partial charge in [0.2, 0.25) is 45.5 Å². The Bertz CT molecular complexity index is 5780. The molecule has 0 radical (unpaired) electrons.